The van der Waals surface area contributed by atoms with Gasteiger partial charge in [-0.15, -0.1) is 0 Å². The van der Waals surface area contributed by atoms with Gasteiger partial charge in [0, 0.05) is 6.42 Å². The van der Waals surface area contributed by atoms with Crippen LogP contribution in [-0.4, -0.2) is 36.7 Å². The number of rotatable bonds is 5. The van der Waals surface area contributed by atoms with Gasteiger partial charge in [0.1, 0.15) is 0 Å². The molecule has 5 heteroatoms. The summed E-state index contributed by atoms with van der Waals surface area (Å²) >= 11 is 0. The van der Waals surface area contributed by atoms with Gasteiger partial charge in [-0.05, 0) is 18.8 Å². The molecule has 0 bridgehead atoms. The van der Waals surface area contributed by atoms with Crippen molar-refractivity contribution in [3.63, 3.8) is 0 Å². The quantitative estimate of drug-likeness (QED) is 0.569. The molecule has 1 unspecified atom stereocenters. The number of amides is 1. The molecule has 1 aliphatic carbocycles. The monoisotopic (exact) mass is 257 g/mol. The van der Waals surface area contributed by atoms with Crippen LogP contribution in [0.4, 0.5) is 0 Å². The Morgan fingerprint density at radius 2 is 1.89 bits per heavy atom. The predicted molar refractivity (Wildman–Crippen MR) is 66.8 cm³/mol. The molecule has 1 rings (SSSR count). The number of ether oxygens (including phenoxy) is 1. The lowest BCUT2D eigenvalue weighted by Crippen LogP contribution is -2.37. The van der Waals surface area contributed by atoms with Crippen molar-refractivity contribution >= 4 is 11.9 Å². The normalized spacial score (nSPS) is 18.8. The second-order valence-electron chi connectivity index (χ2n) is 4.90. The molecule has 0 aromatic heterocycles. The van der Waals surface area contributed by atoms with Crippen molar-refractivity contribution < 1.29 is 19.4 Å². The second kappa shape index (κ2) is 8.08. The van der Waals surface area contributed by atoms with Crippen molar-refractivity contribution in [2.45, 2.75) is 51.0 Å². The van der Waals surface area contributed by atoms with Crippen molar-refractivity contribution in [3.05, 3.63) is 0 Å². The molecule has 1 atom stereocenters. The number of carbonyl (C=O) groups excluding carboxylic acids is 2. The highest BCUT2D eigenvalue weighted by atomic mass is 16.5. The maximum absolute atomic E-state index is 11.7. The molecule has 1 fully saturated rings. The Kier molecular flexibility index (Phi) is 6.72. The van der Waals surface area contributed by atoms with E-state index in [1.807, 2.05) is 0 Å². The molecular formula is C13H23NO4. The fourth-order valence-corrected chi connectivity index (χ4v) is 2.33. The van der Waals surface area contributed by atoms with Crippen LogP contribution in [0.1, 0.15) is 44.9 Å². The van der Waals surface area contributed by atoms with E-state index in [1.54, 1.807) is 0 Å². The number of aliphatic hydroxyl groups is 1. The Morgan fingerprint density at radius 1 is 1.28 bits per heavy atom. The molecule has 0 heterocycles. The first-order chi connectivity index (χ1) is 8.63. The summed E-state index contributed by atoms with van der Waals surface area (Å²) in [6.07, 6.45) is 6.35. The maximum Gasteiger partial charge on any atom is 0.336 e. The average molecular weight is 257 g/mol. The molecule has 0 spiro atoms. The first-order valence-electron chi connectivity index (χ1n) is 6.66. The zero-order valence-electron chi connectivity index (χ0n) is 11.0. The predicted octanol–water partition coefficient (Wildman–Crippen LogP) is 0.997. The van der Waals surface area contributed by atoms with E-state index in [9.17, 15) is 14.7 Å². The lowest BCUT2D eigenvalue weighted by atomic mass is 9.96. The highest BCUT2D eigenvalue weighted by Gasteiger charge is 2.19. The van der Waals surface area contributed by atoms with Crippen LogP contribution in [0.2, 0.25) is 0 Å². The van der Waals surface area contributed by atoms with E-state index in [2.05, 4.69) is 10.1 Å². The van der Waals surface area contributed by atoms with Gasteiger partial charge in [-0.2, -0.15) is 0 Å². The molecule has 0 saturated heterocycles. The van der Waals surface area contributed by atoms with Crippen molar-refractivity contribution in [1.82, 2.24) is 5.32 Å². The summed E-state index contributed by atoms with van der Waals surface area (Å²) in [6, 6.07) is 0. The first kappa shape index (κ1) is 15.0. The minimum Gasteiger partial charge on any atom is -0.467 e. The van der Waals surface area contributed by atoms with Gasteiger partial charge in [0.05, 0.1) is 13.7 Å². The van der Waals surface area contributed by atoms with E-state index in [0.29, 0.717) is 12.3 Å². The third-order valence-corrected chi connectivity index (χ3v) is 3.41. The highest BCUT2D eigenvalue weighted by Crippen LogP contribution is 2.25. The molecule has 0 aliphatic heterocycles. The van der Waals surface area contributed by atoms with Crippen LogP contribution in [-0.2, 0) is 14.3 Å². The van der Waals surface area contributed by atoms with E-state index in [1.165, 1.54) is 32.8 Å². The van der Waals surface area contributed by atoms with Crippen LogP contribution in [0, 0.1) is 5.92 Å². The Balaban J connectivity index is 2.22. The van der Waals surface area contributed by atoms with Gasteiger partial charge < -0.3 is 15.2 Å². The minimum atomic E-state index is -1.27. The van der Waals surface area contributed by atoms with Gasteiger partial charge in [-0.25, -0.2) is 4.79 Å². The number of nitrogens with one attached hydrogen (secondary N) is 1. The number of esters is 1. The summed E-state index contributed by atoms with van der Waals surface area (Å²) in [6.45, 7) is -0.0712. The standard InChI is InChI=1S/C13H23NO4/c1-18-13(17)11(15)9-14-12(16)8-10-6-4-2-3-5-7-10/h10-11,15H,2-9H2,1H3,(H,14,16). The summed E-state index contributed by atoms with van der Waals surface area (Å²) in [5.41, 5.74) is 0. The van der Waals surface area contributed by atoms with Crippen molar-refractivity contribution in [2.75, 3.05) is 13.7 Å². The average Bonchev–Trinajstić information content (AvgIpc) is 2.63. The zero-order valence-corrected chi connectivity index (χ0v) is 11.0. The van der Waals surface area contributed by atoms with Crippen LogP contribution >= 0.6 is 0 Å². The molecule has 1 amide bonds. The molecule has 1 saturated carbocycles. The first-order valence-corrected chi connectivity index (χ1v) is 6.66. The lowest BCUT2D eigenvalue weighted by molar-refractivity contribution is -0.150. The Morgan fingerprint density at radius 3 is 2.44 bits per heavy atom. The molecule has 2 N–H and O–H groups in total. The number of methoxy groups -OCH3 is 1. The topological polar surface area (TPSA) is 75.6 Å². The fourth-order valence-electron chi connectivity index (χ4n) is 2.33. The van der Waals surface area contributed by atoms with Gasteiger partial charge in [0.25, 0.3) is 0 Å². The molecule has 5 nitrogen and oxygen atoms in total. The van der Waals surface area contributed by atoms with E-state index >= 15 is 0 Å². The minimum absolute atomic E-state index is 0.0712. The summed E-state index contributed by atoms with van der Waals surface area (Å²) in [5.74, 6) is -0.364. The molecular weight excluding hydrogens is 234 g/mol. The SMILES string of the molecule is COC(=O)C(O)CNC(=O)CC1CCCCCC1. The molecule has 18 heavy (non-hydrogen) atoms. The summed E-state index contributed by atoms with van der Waals surface area (Å²) in [5, 5.41) is 11.9. The van der Waals surface area contributed by atoms with Crippen LogP contribution in [0.25, 0.3) is 0 Å². The number of carbonyl (C=O) groups is 2. The summed E-state index contributed by atoms with van der Waals surface area (Å²) < 4.78 is 4.37. The van der Waals surface area contributed by atoms with Crippen molar-refractivity contribution in [1.29, 1.82) is 0 Å². The smallest absolute Gasteiger partial charge is 0.336 e. The lowest BCUT2D eigenvalue weighted by Gasteiger charge is -2.14. The number of hydrogen-bond acceptors (Lipinski definition) is 4. The van der Waals surface area contributed by atoms with Crippen LogP contribution in [0.3, 0.4) is 0 Å². The third-order valence-electron chi connectivity index (χ3n) is 3.41. The highest BCUT2D eigenvalue weighted by molar-refractivity contribution is 5.78. The third kappa shape index (κ3) is 5.49. The molecule has 0 aromatic rings. The van der Waals surface area contributed by atoms with Gasteiger partial charge in [-0.1, -0.05) is 25.7 Å². The fraction of sp³-hybridized carbons (Fsp3) is 0.846. The summed E-state index contributed by atoms with van der Waals surface area (Å²) in [7, 11) is 1.21. The Labute approximate surface area is 108 Å². The second-order valence-corrected chi connectivity index (χ2v) is 4.90. The number of hydrogen-bond donors (Lipinski definition) is 2. The maximum atomic E-state index is 11.7. The van der Waals surface area contributed by atoms with Crippen LogP contribution in [0.5, 0.6) is 0 Å². The van der Waals surface area contributed by atoms with E-state index in [0.717, 1.165) is 12.8 Å². The summed E-state index contributed by atoms with van der Waals surface area (Å²) in [4.78, 5) is 22.6. The van der Waals surface area contributed by atoms with Gasteiger partial charge in [0.15, 0.2) is 6.10 Å². The van der Waals surface area contributed by atoms with Crippen LogP contribution < -0.4 is 5.32 Å². The largest absolute Gasteiger partial charge is 0.467 e. The zero-order chi connectivity index (χ0) is 13.4. The van der Waals surface area contributed by atoms with E-state index < -0.39 is 12.1 Å². The van der Waals surface area contributed by atoms with Crippen LogP contribution in [0.15, 0.2) is 0 Å². The van der Waals surface area contributed by atoms with E-state index in [4.69, 9.17) is 0 Å². The molecule has 0 aromatic carbocycles. The molecule has 0 radical (unpaired) electrons. The van der Waals surface area contributed by atoms with Gasteiger partial charge in [-0.3, -0.25) is 4.79 Å². The Bertz CT molecular complexity index is 272. The van der Waals surface area contributed by atoms with Gasteiger partial charge in [0.2, 0.25) is 5.91 Å². The van der Waals surface area contributed by atoms with Gasteiger partial charge >= 0.3 is 5.97 Å². The Hall–Kier alpha value is -1.10. The molecule has 1 aliphatic rings. The van der Waals surface area contributed by atoms with Crippen molar-refractivity contribution in [3.8, 4) is 0 Å². The number of aliphatic hydroxyl groups excluding tert-OH is 1. The molecule has 104 valence electrons. The van der Waals surface area contributed by atoms with E-state index in [-0.39, 0.29) is 12.5 Å². The van der Waals surface area contributed by atoms with Crippen molar-refractivity contribution in [2.24, 2.45) is 5.92 Å².